The van der Waals surface area contributed by atoms with Crippen LogP contribution >= 0.6 is 11.6 Å². The van der Waals surface area contributed by atoms with Crippen LogP contribution in [0, 0.1) is 5.92 Å². The number of nitrogens with one attached hydrogen (secondary N) is 1. The molecule has 0 aromatic carbocycles. The van der Waals surface area contributed by atoms with Crippen LogP contribution in [0.25, 0.3) is 0 Å². The monoisotopic (exact) mass is 269 g/mol. The molecule has 6 heteroatoms. The summed E-state index contributed by atoms with van der Waals surface area (Å²) >= 11 is 5.74. The second-order valence-corrected chi connectivity index (χ2v) is 5.24. The molecule has 0 saturated carbocycles. The highest BCUT2D eigenvalue weighted by atomic mass is 35.5. The molecule has 0 unspecified atom stereocenters. The van der Waals surface area contributed by atoms with Gasteiger partial charge in [0.2, 0.25) is 5.28 Å². The van der Waals surface area contributed by atoms with E-state index in [1.807, 2.05) is 0 Å². The third kappa shape index (κ3) is 3.71. The van der Waals surface area contributed by atoms with Crippen LogP contribution in [0.2, 0.25) is 5.28 Å². The molecular weight excluding hydrogens is 250 g/mol. The molecule has 2 heterocycles. The Hall–Kier alpha value is -1.07. The second-order valence-electron chi connectivity index (χ2n) is 4.91. The summed E-state index contributed by atoms with van der Waals surface area (Å²) in [5, 5.41) is 3.47. The molecule has 18 heavy (non-hydrogen) atoms. The van der Waals surface area contributed by atoms with Gasteiger partial charge in [-0.1, -0.05) is 0 Å². The van der Waals surface area contributed by atoms with E-state index in [1.165, 1.54) is 32.1 Å². The summed E-state index contributed by atoms with van der Waals surface area (Å²) in [6.07, 6.45) is 5.23. The molecule has 1 aromatic heterocycles. The van der Waals surface area contributed by atoms with Crippen LogP contribution in [0.5, 0.6) is 0 Å². The lowest BCUT2D eigenvalue weighted by molar-refractivity contribution is 0.215. The lowest BCUT2D eigenvalue weighted by Crippen LogP contribution is -2.30. The van der Waals surface area contributed by atoms with Crippen LogP contribution in [-0.2, 0) is 0 Å². The van der Waals surface area contributed by atoms with Gasteiger partial charge in [-0.05, 0) is 56.9 Å². The molecule has 0 radical (unpaired) electrons. The minimum Gasteiger partial charge on any atom is -0.394 e. The van der Waals surface area contributed by atoms with Gasteiger partial charge < -0.3 is 16.0 Å². The molecule has 1 aromatic rings. The Kier molecular flexibility index (Phi) is 4.60. The lowest BCUT2D eigenvalue weighted by Gasteiger charge is -2.28. The SMILES string of the molecule is CN1CCC(CCNc2nc(Cl)ncc2N)CC1. The van der Waals surface area contributed by atoms with Crippen LogP contribution in [0.3, 0.4) is 0 Å². The fourth-order valence-electron chi connectivity index (χ4n) is 2.26. The highest BCUT2D eigenvalue weighted by Gasteiger charge is 2.16. The number of nitrogens with zero attached hydrogens (tertiary/aromatic N) is 3. The second kappa shape index (κ2) is 6.20. The predicted octanol–water partition coefficient (Wildman–Crippen LogP) is 1.86. The van der Waals surface area contributed by atoms with Gasteiger partial charge in [-0.15, -0.1) is 0 Å². The normalized spacial score (nSPS) is 17.9. The number of anilines is 2. The van der Waals surface area contributed by atoms with Crippen molar-refractivity contribution in [2.45, 2.75) is 19.3 Å². The van der Waals surface area contributed by atoms with Gasteiger partial charge in [0.15, 0.2) is 5.82 Å². The van der Waals surface area contributed by atoms with Gasteiger partial charge >= 0.3 is 0 Å². The van der Waals surface area contributed by atoms with E-state index in [0.29, 0.717) is 11.5 Å². The number of hydrogen-bond acceptors (Lipinski definition) is 5. The summed E-state index contributed by atoms with van der Waals surface area (Å²) in [4.78, 5) is 10.3. The largest absolute Gasteiger partial charge is 0.394 e. The standard InChI is InChI=1S/C12H20ClN5/c1-18-6-3-9(4-7-18)2-5-15-11-10(14)8-16-12(13)17-11/h8-9H,2-7,14H2,1H3,(H,15,16,17). The Bertz CT molecular complexity index is 390. The van der Waals surface area contributed by atoms with E-state index in [2.05, 4.69) is 27.2 Å². The average molecular weight is 270 g/mol. The number of piperidine rings is 1. The number of likely N-dealkylation sites (tertiary alicyclic amines) is 1. The van der Waals surface area contributed by atoms with Crippen LogP contribution in [0.15, 0.2) is 6.20 Å². The van der Waals surface area contributed by atoms with Crippen molar-refractivity contribution >= 4 is 23.1 Å². The molecule has 1 fully saturated rings. The van der Waals surface area contributed by atoms with Gasteiger partial charge in [-0.3, -0.25) is 0 Å². The van der Waals surface area contributed by atoms with E-state index >= 15 is 0 Å². The molecular formula is C12H20ClN5. The third-order valence-corrected chi connectivity index (χ3v) is 3.65. The highest BCUT2D eigenvalue weighted by Crippen LogP contribution is 2.20. The summed E-state index contributed by atoms with van der Waals surface area (Å²) < 4.78 is 0. The average Bonchev–Trinajstić information content (AvgIpc) is 2.36. The van der Waals surface area contributed by atoms with E-state index in [9.17, 15) is 0 Å². The van der Waals surface area contributed by atoms with Crippen molar-refractivity contribution in [1.82, 2.24) is 14.9 Å². The molecule has 0 amide bonds. The maximum Gasteiger partial charge on any atom is 0.224 e. The van der Waals surface area contributed by atoms with Crippen LogP contribution in [0.4, 0.5) is 11.5 Å². The van der Waals surface area contributed by atoms with E-state index in [4.69, 9.17) is 17.3 Å². The molecule has 1 saturated heterocycles. The topological polar surface area (TPSA) is 67.1 Å². The maximum absolute atomic E-state index is 5.77. The van der Waals surface area contributed by atoms with Crippen LogP contribution < -0.4 is 11.1 Å². The molecule has 0 atom stereocenters. The van der Waals surface area contributed by atoms with E-state index in [1.54, 1.807) is 0 Å². The summed E-state index contributed by atoms with van der Waals surface area (Å²) in [6, 6.07) is 0. The van der Waals surface area contributed by atoms with Crippen molar-refractivity contribution in [2.75, 3.05) is 37.7 Å². The maximum atomic E-state index is 5.77. The van der Waals surface area contributed by atoms with E-state index in [0.717, 1.165) is 18.9 Å². The molecule has 5 nitrogen and oxygen atoms in total. The first-order chi connectivity index (χ1) is 8.65. The zero-order chi connectivity index (χ0) is 13.0. The van der Waals surface area contributed by atoms with Gasteiger partial charge in [-0.25, -0.2) is 4.98 Å². The molecule has 100 valence electrons. The lowest BCUT2D eigenvalue weighted by atomic mass is 9.94. The molecule has 0 spiro atoms. The highest BCUT2D eigenvalue weighted by molar-refractivity contribution is 6.28. The van der Waals surface area contributed by atoms with Gasteiger partial charge in [0, 0.05) is 6.54 Å². The zero-order valence-corrected chi connectivity index (χ0v) is 11.5. The third-order valence-electron chi connectivity index (χ3n) is 3.47. The predicted molar refractivity (Wildman–Crippen MR) is 74.8 cm³/mol. The van der Waals surface area contributed by atoms with Crippen molar-refractivity contribution in [3.8, 4) is 0 Å². The number of nitrogen functional groups attached to an aromatic ring is 1. The number of rotatable bonds is 4. The minimum atomic E-state index is 0.228. The Morgan fingerprint density at radius 2 is 2.22 bits per heavy atom. The number of nitrogens with two attached hydrogens (primary N) is 1. The Labute approximate surface area is 113 Å². The smallest absolute Gasteiger partial charge is 0.224 e. The minimum absolute atomic E-state index is 0.228. The van der Waals surface area contributed by atoms with Crippen molar-refractivity contribution in [3.63, 3.8) is 0 Å². The van der Waals surface area contributed by atoms with E-state index in [-0.39, 0.29) is 5.28 Å². The first-order valence-corrected chi connectivity index (χ1v) is 6.73. The molecule has 0 aliphatic carbocycles. The zero-order valence-electron chi connectivity index (χ0n) is 10.7. The molecule has 0 bridgehead atoms. The molecule has 3 N–H and O–H groups in total. The quantitative estimate of drug-likeness (QED) is 0.817. The summed E-state index contributed by atoms with van der Waals surface area (Å²) in [5.41, 5.74) is 6.32. The molecule has 1 aliphatic rings. The van der Waals surface area contributed by atoms with E-state index < -0.39 is 0 Å². The van der Waals surface area contributed by atoms with Gasteiger partial charge in [0.05, 0.1) is 11.9 Å². The van der Waals surface area contributed by atoms with Crippen molar-refractivity contribution in [2.24, 2.45) is 5.92 Å². The fourth-order valence-corrected chi connectivity index (χ4v) is 2.39. The van der Waals surface area contributed by atoms with Crippen LogP contribution in [-0.4, -0.2) is 41.5 Å². The van der Waals surface area contributed by atoms with Gasteiger partial charge in [0.25, 0.3) is 0 Å². The van der Waals surface area contributed by atoms with Crippen molar-refractivity contribution in [3.05, 3.63) is 11.5 Å². The Morgan fingerprint density at radius 1 is 1.50 bits per heavy atom. The van der Waals surface area contributed by atoms with Gasteiger partial charge in [0.1, 0.15) is 0 Å². The summed E-state index contributed by atoms with van der Waals surface area (Å²) in [7, 11) is 2.18. The number of aromatic nitrogens is 2. The number of hydrogen-bond donors (Lipinski definition) is 2. The first-order valence-electron chi connectivity index (χ1n) is 6.35. The first kappa shape index (κ1) is 13.4. The van der Waals surface area contributed by atoms with Crippen molar-refractivity contribution < 1.29 is 0 Å². The Morgan fingerprint density at radius 3 is 2.94 bits per heavy atom. The summed E-state index contributed by atoms with van der Waals surface area (Å²) in [5.74, 6) is 1.44. The van der Waals surface area contributed by atoms with Gasteiger partial charge in [-0.2, -0.15) is 4.98 Å². The number of halogens is 1. The molecule has 2 rings (SSSR count). The molecule has 1 aliphatic heterocycles. The fraction of sp³-hybridized carbons (Fsp3) is 0.667. The summed E-state index contributed by atoms with van der Waals surface area (Å²) in [6.45, 7) is 3.28. The van der Waals surface area contributed by atoms with Crippen molar-refractivity contribution in [1.29, 1.82) is 0 Å². The Balaban J connectivity index is 1.76. The van der Waals surface area contributed by atoms with Crippen LogP contribution in [0.1, 0.15) is 19.3 Å².